The molecule has 0 aliphatic heterocycles. The van der Waals surface area contributed by atoms with Gasteiger partial charge in [0.1, 0.15) is 0 Å². The minimum atomic E-state index is 1.08. The summed E-state index contributed by atoms with van der Waals surface area (Å²) in [6.45, 7) is 0. The minimum Gasteiger partial charge on any atom is -0.310 e. The van der Waals surface area contributed by atoms with Gasteiger partial charge in [-0.2, -0.15) is 0 Å². The van der Waals surface area contributed by atoms with Crippen molar-refractivity contribution in [3.63, 3.8) is 0 Å². The summed E-state index contributed by atoms with van der Waals surface area (Å²) in [6, 6.07) is 87.9. The Morgan fingerprint density at radius 2 is 0.700 bits per heavy atom. The predicted molar refractivity (Wildman–Crippen MR) is 255 cm³/mol. The maximum absolute atomic E-state index is 2.39. The average molecular weight is 765 g/mol. The van der Waals surface area contributed by atoms with Crippen LogP contribution in [-0.2, 0) is 0 Å². The summed E-state index contributed by atoms with van der Waals surface area (Å²) in [4.78, 5) is 2.39. The highest BCUT2D eigenvalue weighted by molar-refractivity contribution is 6.09. The van der Waals surface area contributed by atoms with Gasteiger partial charge in [-0.3, -0.25) is 0 Å². The number of hydrogen-bond acceptors (Lipinski definition) is 1. The molecule has 0 fully saturated rings. The number of rotatable bonds is 8. The zero-order valence-electron chi connectivity index (χ0n) is 33.0. The van der Waals surface area contributed by atoms with Crippen LogP contribution in [0.1, 0.15) is 0 Å². The van der Waals surface area contributed by atoms with E-state index in [1.54, 1.807) is 0 Å². The largest absolute Gasteiger partial charge is 0.310 e. The molecule has 0 bridgehead atoms. The first kappa shape index (κ1) is 35.2. The maximum atomic E-state index is 2.39. The average Bonchev–Trinajstić information content (AvgIpc) is 3.67. The van der Waals surface area contributed by atoms with Crippen LogP contribution in [0.25, 0.3) is 82.8 Å². The van der Waals surface area contributed by atoms with Gasteiger partial charge in [-0.05, 0) is 128 Å². The van der Waals surface area contributed by atoms with Crippen molar-refractivity contribution in [3.05, 3.63) is 243 Å². The molecule has 282 valence electrons. The summed E-state index contributed by atoms with van der Waals surface area (Å²) in [5.41, 5.74) is 16.3. The molecule has 1 aromatic heterocycles. The van der Waals surface area contributed by atoms with Gasteiger partial charge in [-0.15, -0.1) is 0 Å². The lowest BCUT2D eigenvalue weighted by Gasteiger charge is -2.27. The third-order valence-electron chi connectivity index (χ3n) is 11.7. The van der Waals surface area contributed by atoms with Crippen LogP contribution in [0.5, 0.6) is 0 Å². The van der Waals surface area contributed by atoms with Crippen molar-refractivity contribution in [3.8, 4) is 50.2 Å². The predicted octanol–water partition coefficient (Wildman–Crippen LogP) is 16.1. The van der Waals surface area contributed by atoms with Crippen molar-refractivity contribution >= 4 is 49.6 Å². The fraction of sp³-hybridized carbons (Fsp3) is 0. The van der Waals surface area contributed by atoms with Crippen molar-refractivity contribution in [2.75, 3.05) is 4.90 Å². The minimum absolute atomic E-state index is 1.08. The molecule has 0 saturated heterocycles. The Morgan fingerprint density at radius 3 is 1.37 bits per heavy atom. The first-order valence-corrected chi connectivity index (χ1v) is 20.6. The summed E-state index contributed by atoms with van der Waals surface area (Å²) < 4.78 is 2.39. The summed E-state index contributed by atoms with van der Waals surface area (Å²) >= 11 is 0. The zero-order valence-corrected chi connectivity index (χ0v) is 33.0. The Morgan fingerprint density at radius 1 is 0.250 bits per heavy atom. The van der Waals surface area contributed by atoms with Gasteiger partial charge in [0.05, 0.1) is 11.0 Å². The Kier molecular flexibility index (Phi) is 8.87. The molecule has 0 N–H and O–H groups in total. The van der Waals surface area contributed by atoms with E-state index in [9.17, 15) is 0 Å². The van der Waals surface area contributed by atoms with Gasteiger partial charge >= 0.3 is 0 Å². The molecule has 0 aliphatic rings. The van der Waals surface area contributed by atoms with E-state index in [1.165, 1.54) is 71.5 Å². The second-order valence-corrected chi connectivity index (χ2v) is 15.4. The van der Waals surface area contributed by atoms with Gasteiger partial charge in [0.25, 0.3) is 0 Å². The molecule has 11 aromatic rings. The highest BCUT2D eigenvalue weighted by Gasteiger charge is 2.17. The van der Waals surface area contributed by atoms with Crippen molar-refractivity contribution < 1.29 is 0 Å². The molecule has 11 rings (SSSR count). The highest BCUT2D eigenvalue weighted by Crippen LogP contribution is 2.40. The SMILES string of the molecule is c1ccc(-c2cccc(-c3cccc(N(c4ccc(-c5cccc(-c6ccc7ccccc7c6)c5)cc4)c4cccc(-n5c6ccccc6c6ccccc65)c4)c3)c2)cc1. The van der Waals surface area contributed by atoms with E-state index in [0.717, 1.165) is 28.3 Å². The Balaban J connectivity index is 1.02. The summed E-state index contributed by atoms with van der Waals surface area (Å²) in [6.07, 6.45) is 0. The number of benzene rings is 10. The smallest absolute Gasteiger partial charge is 0.0541 e. The third-order valence-corrected chi connectivity index (χ3v) is 11.7. The van der Waals surface area contributed by atoms with Crippen molar-refractivity contribution in [1.29, 1.82) is 0 Å². The van der Waals surface area contributed by atoms with Crippen LogP contribution in [0.3, 0.4) is 0 Å². The molecule has 0 unspecified atom stereocenters. The van der Waals surface area contributed by atoms with E-state index in [1.807, 2.05) is 0 Å². The second-order valence-electron chi connectivity index (χ2n) is 15.4. The van der Waals surface area contributed by atoms with Crippen molar-refractivity contribution in [1.82, 2.24) is 4.57 Å². The molecule has 0 amide bonds. The Bertz CT molecular complexity index is 3270. The van der Waals surface area contributed by atoms with Crippen LogP contribution in [0, 0.1) is 0 Å². The number of para-hydroxylation sites is 2. The van der Waals surface area contributed by atoms with Crippen molar-refractivity contribution in [2.24, 2.45) is 0 Å². The molecular formula is C58H40N2. The van der Waals surface area contributed by atoms with Crippen LogP contribution >= 0.6 is 0 Å². The molecule has 0 aliphatic carbocycles. The van der Waals surface area contributed by atoms with Crippen LogP contribution in [0.15, 0.2) is 243 Å². The Hall–Kier alpha value is -7.94. The van der Waals surface area contributed by atoms with Crippen LogP contribution in [0.4, 0.5) is 17.1 Å². The van der Waals surface area contributed by atoms with E-state index >= 15 is 0 Å². The fourth-order valence-corrected chi connectivity index (χ4v) is 8.80. The molecule has 60 heavy (non-hydrogen) atoms. The van der Waals surface area contributed by atoms with E-state index in [4.69, 9.17) is 0 Å². The van der Waals surface area contributed by atoms with Crippen molar-refractivity contribution in [2.45, 2.75) is 0 Å². The normalized spacial score (nSPS) is 11.3. The monoisotopic (exact) mass is 764 g/mol. The number of aromatic nitrogens is 1. The van der Waals surface area contributed by atoms with E-state index in [2.05, 4.69) is 252 Å². The standard InChI is InChI=1S/C58H40N2/c1-2-14-41(15-3-1)45-18-10-20-47(36-45)49-22-12-23-52(39-49)59(53-24-13-25-54(40-53)60-57-28-8-6-26-55(57)56-27-7-9-29-58(56)60)51-34-32-43(33-35-51)46-19-11-21-48(37-46)50-31-30-42-16-4-5-17-44(42)38-50/h1-40H. The molecule has 10 aromatic carbocycles. The van der Waals surface area contributed by atoms with Gasteiger partial charge in [0.2, 0.25) is 0 Å². The van der Waals surface area contributed by atoms with Gasteiger partial charge in [0, 0.05) is 33.5 Å². The molecule has 0 saturated carbocycles. The zero-order chi connectivity index (χ0) is 39.8. The van der Waals surface area contributed by atoms with Gasteiger partial charge in [-0.25, -0.2) is 0 Å². The van der Waals surface area contributed by atoms with E-state index in [0.29, 0.717) is 0 Å². The lowest BCUT2D eigenvalue weighted by atomic mass is 9.97. The maximum Gasteiger partial charge on any atom is 0.0541 e. The molecule has 2 heteroatoms. The van der Waals surface area contributed by atoms with Crippen LogP contribution in [0.2, 0.25) is 0 Å². The molecule has 0 radical (unpaired) electrons. The molecule has 0 atom stereocenters. The number of hydrogen-bond donors (Lipinski definition) is 0. The number of anilines is 3. The molecule has 2 nitrogen and oxygen atoms in total. The third kappa shape index (κ3) is 6.51. The number of fused-ring (bicyclic) bond motifs is 4. The van der Waals surface area contributed by atoms with Gasteiger partial charge in [-0.1, -0.05) is 170 Å². The van der Waals surface area contributed by atoms with Gasteiger partial charge < -0.3 is 9.47 Å². The second kappa shape index (κ2) is 15.1. The lowest BCUT2D eigenvalue weighted by molar-refractivity contribution is 1.17. The van der Waals surface area contributed by atoms with Crippen LogP contribution < -0.4 is 4.90 Å². The molecule has 1 heterocycles. The number of nitrogens with zero attached hydrogens (tertiary/aromatic N) is 2. The Labute approximate surface area is 350 Å². The molecule has 0 spiro atoms. The van der Waals surface area contributed by atoms with Gasteiger partial charge in [0.15, 0.2) is 0 Å². The quantitative estimate of drug-likeness (QED) is 0.150. The lowest BCUT2D eigenvalue weighted by Crippen LogP contribution is -2.10. The summed E-state index contributed by atoms with van der Waals surface area (Å²) in [5, 5.41) is 5.01. The first-order valence-electron chi connectivity index (χ1n) is 20.6. The van der Waals surface area contributed by atoms with Crippen LogP contribution in [-0.4, -0.2) is 4.57 Å². The summed E-state index contributed by atoms with van der Waals surface area (Å²) in [7, 11) is 0. The van der Waals surface area contributed by atoms with E-state index < -0.39 is 0 Å². The van der Waals surface area contributed by atoms with E-state index in [-0.39, 0.29) is 0 Å². The highest BCUT2D eigenvalue weighted by atomic mass is 15.1. The topological polar surface area (TPSA) is 8.17 Å². The molecular weight excluding hydrogens is 725 g/mol. The fourth-order valence-electron chi connectivity index (χ4n) is 8.80. The first-order chi connectivity index (χ1) is 29.7. The summed E-state index contributed by atoms with van der Waals surface area (Å²) in [5.74, 6) is 0.